The molecule has 1 heterocycles. The Morgan fingerprint density at radius 1 is 1.06 bits per heavy atom. The number of hydrogen-bond donors (Lipinski definition) is 0. The Hall–Kier alpha value is -1.10. The van der Waals surface area contributed by atoms with Crippen LogP contribution in [0.25, 0.3) is 0 Å². The van der Waals surface area contributed by atoms with E-state index in [1.54, 1.807) is 6.07 Å². The summed E-state index contributed by atoms with van der Waals surface area (Å²) in [4.78, 5) is 0. The zero-order valence-corrected chi connectivity index (χ0v) is 10.4. The summed E-state index contributed by atoms with van der Waals surface area (Å²) in [7, 11) is 0. The largest absolute Gasteiger partial charge is 0.451 e. The number of ether oxygens (including phenoxy) is 1. The van der Waals surface area contributed by atoms with Crippen molar-refractivity contribution >= 4 is 34.8 Å². The maximum absolute atomic E-state index is 13.6. The lowest BCUT2D eigenvalue weighted by molar-refractivity contribution is 0.440. The molecule has 0 N–H and O–H groups in total. The third kappa shape index (κ3) is 2.77. The van der Waals surface area contributed by atoms with E-state index in [1.807, 2.05) is 0 Å². The molecule has 0 amide bonds. The van der Waals surface area contributed by atoms with Crippen LogP contribution in [0.3, 0.4) is 0 Å². The molecule has 3 nitrogen and oxygen atoms in total. The molecule has 0 saturated heterocycles. The monoisotopic (exact) mass is 292 g/mol. The smallest absolute Gasteiger partial charge is 0.194 e. The van der Waals surface area contributed by atoms with E-state index in [0.29, 0.717) is 0 Å². The molecule has 0 spiro atoms. The van der Waals surface area contributed by atoms with Crippen molar-refractivity contribution in [3.8, 4) is 11.5 Å². The highest BCUT2D eigenvalue weighted by atomic mass is 35.5. The van der Waals surface area contributed by atoms with E-state index in [2.05, 4.69) is 10.2 Å². The number of halogens is 4. The summed E-state index contributed by atoms with van der Waals surface area (Å²) in [5.41, 5.74) is 0. The van der Waals surface area contributed by atoms with Gasteiger partial charge in [0.2, 0.25) is 0 Å². The Bertz CT molecular complexity index is 565. The zero-order chi connectivity index (χ0) is 12.4. The van der Waals surface area contributed by atoms with Crippen LogP contribution in [-0.4, -0.2) is 10.2 Å². The van der Waals surface area contributed by atoms with Gasteiger partial charge in [0, 0.05) is 6.07 Å². The molecule has 0 aliphatic heterocycles. The van der Waals surface area contributed by atoms with Crippen LogP contribution in [-0.2, 0) is 0 Å². The minimum atomic E-state index is -0.682. The fraction of sp³-hybridized carbons (Fsp3) is 0. The minimum absolute atomic E-state index is 0.0197. The average Bonchev–Trinajstić information content (AvgIpc) is 2.30. The summed E-state index contributed by atoms with van der Waals surface area (Å²) in [6, 6.07) is 5.69. The lowest BCUT2D eigenvalue weighted by atomic mass is 10.3. The Morgan fingerprint density at radius 2 is 1.82 bits per heavy atom. The molecule has 0 saturated carbocycles. The molecule has 1 aromatic heterocycles. The van der Waals surface area contributed by atoms with Gasteiger partial charge in [-0.2, -0.15) is 0 Å². The number of rotatable bonds is 2. The molecule has 2 aromatic rings. The van der Waals surface area contributed by atoms with Crippen LogP contribution in [0.15, 0.2) is 24.3 Å². The van der Waals surface area contributed by atoms with Crippen LogP contribution in [0, 0.1) is 5.82 Å². The molecule has 0 radical (unpaired) electrons. The normalized spacial score (nSPS) is 10.4. The molecule has 0 unspecified atom stereocenters. The first kappa shape index (κ1) is 12.4. The van der Waals surface area contributed by atoms with Crippen molar-refractivity contribution in [1.82, 2.24) is 10.2 Å². The van der Waals surface area contributed by atoms with Gasteiger partial charge < -0.3 is 4.74 Å². The lowest BCUT2D eigenvalue weighted by Gasteiger charge is -2.08. The first-order valence-corrected chi connectivity index (χ1v) is 5.52. The molecule has 0 aliphatic carbocycles. The van der Waals surface area contributed by atoms with Gasteiger partial charge in [0.1, 0.15) is 0 Å². The summed E-state index contributed by atoms with van der Waals surface area (Å²) < 4.78 is 18.8. The van der Waals surface area contributed by atoms with Crippen molar-refractivity contribution in [3.05, 3.63) is 45.4 Å². The maximum atomic E-state index is 13.6. The highest BCUT2D eigenvalue weighted by molar-refractivity contribution is 6.32. The molecule has 0 atom stereocenters. The summed E-state index contributed by atoms with van der Waals surface area (Å²) in [6.07, 6.45) is 0. The van der Waals surface area contributed by atoms with Crippen LogP contribution >= 0.6 is 34.8 Å². The van der Waals surface area contributed by atoms with Gasteiger partial charge in [-0.25, -0.2) is 4.39 Å². The highest BCUT2D eigenvalue weighted by Gasteiger charge is 2.12. The van der Waals surface area contributed by atoms with Crippen LogP contribution in [0.2, 0.25) is 15.3 Å². The predicted octanol–water partition coefficient (Wildman–Crippen LogP) is 4.37. The zero-order valence-electron chi connectivity index (χ0n) is 8.12. The Labute approximate surface area is 111 Å². The van der Waals surface area contributed by atoms with Crippen LogP contribution in [0.5, 0.6) is 11.5 Å². The van der Waals surface area contributed by atoms with Gasteiger partial charge in [0.05, 0.1) is 5.02 Å². The van der Waals surface area contributed by atoms with E-state index >= 15 is 0 Å². The summed E-state index contributed by atoms with van der Waals surface area (Å²) in [5.74, 6) is -0.644. The predicted molar refractivity (Wildman–Crippen MR) is 63.5 cm³/mol. The number of hydrogen-bond acceptors (Lipinski definition) is 3. The number of aromatic nitrogens is 2. The molecule has 2 rings (SSSR count). The van der Waals surface area contributed by atoms with E-state index in [4.69, 9.17) is 39.5 Å². The molecular formula is C10H4Cl3FN2O. The summed E-state index contributed by atoms with van der Waals surface area (Å²) in [5, 5.41) is 7.06. The van der Waals surface area contributed by atoms with Crippen LogP contribution in [0.1, 0.15) is 0 Å². The van der Waals surface area contributed by atoms with Crippen molar-refractivity contribution in [3.63, 3.8) is 0 Å². The van der Waals surface area contributed by atoms with Crippen LogP contribution < -0.4 is 4.74 Å². The molecular weight excluding hydrogens is 289 g/mol. The Morgan fingerprint density at radius 3 is 2.59 bits per heavy atom. The van der Waals surface area contributed by atoms with E-state index in [1.165, 1.54) is 18.2 Å². The quantitative estimate of drug-likeness (QED) is 0.824. The maximum Gasteiger partial charge on any atom is 0.194 e. The first-order chi connectivity index (χ1) is 8.08. The third-order valence-electron chi connectivity index (χ3n) is 1.82. The molecule has 88 valence electrons. The van der Waals surface area contributed by atoms with Crippen molar-refractivity contribution in [2.75, 3.05) is 0 Å². The molecule has 1 aromatic carbocycles. The standard InChI is InChI=1S/C10H4Cl3FN2O/c11-5-2-1-3-6(9(5)14)17-7-4-8(12)15-16-10(7)13/h1-4H. The molecule has 7 heteroatoms. The van der Waals surface area contributed by atoms with Gasteiger partial charge in [-0.05, 0) is 12.1 Å². The fourth-order valence-corrected chi connectivity index (χ4v) is 1.52. The van der Waals surface area contributed by atoms with Gasteiger partial charge in [-0.3, -0.25) is 0 Å². The fourth-order valence-electron chi connectivity index (χ4n) is 1.09. The van der Waals surface area contributed by atoms with Crippen molar-refractivity contribution in [2.45, 2.75) is 0 Å². The third-order valence-corrected chi connectivity index (χ3v) is 2.56. The van der Waals surface area contributed by atoms with Gasteiger partial charge in [0.15, 0.2) is 27.6 Å². The van der Waals surface area contributed by atoms with Gasteiger partial charge in [-0.1, -0.05) is 40.9 Å². The minimum Gasteiger partial charge on any atom is -0.451 e. The Balaban J connectivity index is 2.38. The molecule has 17 heavy (non-hydrogen) atoms. The summed E-state index contributed by atoms with van der Waals surface area (Å²) >= 11 is 17.0. The molecule has 0 aliphatic rings. The lowest BCUT2D eigenvalue weighted by Crippen LogP contribution is -1.93. The second-order valence-electron chi connectivity index (χ2n) is 2.98. The molecule has 0 fully saturated rings. The number of nitrogens with zero attached hydrogens (tertiary/aromatic N) is 2. The van der Waals surface area contributed by atoms with Gasteiger partial charge >= 0.3 is 0 Å². The topological polar surface area (TPSA) is 35.0 Å². The Kier molecular flexibility index (Phi) is 3.66. The average molecular weight is 294 g/mol. The van der Waals surface area contributed by atoms with E-state index in [0.717, 1.165) is 0 Å². The van der Waals surface area contributed by atoms with E-state index in [9.17, 15) is 4.39 Å². The second kappa shape index (κ2) is 5.04. The molecule has 0 bridgehead atoms. The summed E-state index contributed by atoms with van der Waals surface area (Å²) in [6.45, 7) is 0. The van der Waals surface area contributed by atoms with Gasteiger partial charge in [-0.15, -0.1) is 10.2 Å². The van der Waals surface area contributed by atoms with Gasteiger partial charge in [0.25, 0.3) is 0 Å². The van der Waals surface area contributed by atoms with Crippen molar-refractivity contribution < 1.29 is 9.13 Å². The second-order valence-corrected chi connectivity index (χ2v) is 4.13. The highest BCUT2D eigenvalue weighted by Crippen LogP contribution is 2.32. The van der Waals surface area contributed by atoms with Crippen LogP contribution in [0.4, 0.5) is 4.39 Å². The first-order valence-electron chi connectivity index (χ1n) is 4.38. The number of benzene rings is 1. The van der Waals surface area contributed by atoms with Crippen molar-refractivity contribution in [1.29, 1.82) is 0 Å². The van der Waals surface area contributed by atoms with E-state index < -0.39 is 5.82 Å². The van der Waals surface area contributed by atoms with E-state index in [-0.39, 0.29) is 26.8 Å². The van der Waals surface area contributed by atoms with Crippen molar-refractivity contribution in [2.24, 2.45) is 0 Å². The SMILES string of the molecule is Fc1c(Cl)cccc1Oc1cc(Cl)nnc1Cl.